The lowest BCUT2D eigenvalue weighted by Gasteiger charge is -2.12. The minimum absolute atomic E-state index is 0.0138. The van der Waals surface area contributed by atoms with Gasteiger partial charge in [0.05, 0.1) is 16.8 Å². The highest BCUT2D eigenvalue weighted by atomic mass is 32.2. The zero-order valence-corrected chi connectivity index (χ0v) is 18.7. The second kappa shape index (κ2) is 7.05. The van der Waals surface area contributed by atoms with E-state index < -0.39 is 9.84 Å². The third kappa shape index (κ3) is 3.37. The average Bonchev–Trinajstić information content (AvgIpc) is 3.54. The molecule has 6 nitrogen and oxygen atoms in total. The molecule has 1 aliphatic carbocycles. The van der Waals surface area contributed by atoms with Crippen molar-refractivity contribution in [3.8, 4) is 11.1 Å². The van der Waals surface area contributed by atoms with Crippen molar-refractivity contribution >= 4 is 31.6 Å². The van der Waals surface area contributed by atoms with Crippen molar-refractivity contribution in [3.05, 3.63) is 64.3 Å². The number of imidazole rings is 1. The van der Waals surface area contributed by atoms with E-state index in [2.05, 4.69) is 4.57 Å². The van der Waals surface area contributed by atoms with Crippen LogP contribution >= 0.6 is 0 Å². The molecule has 2 aromatic carbocycles. The van der Waals surface area contributed by atoms with Gasteiger partial charge in [-0.15, -0.1) is 0 Å². The fraction of sp³-hybridized carbons (Fsp3) is 0.333. The van der Waals surface area contributed by atoms with Gasteiger partial charge in [-0.2, -0.15) is 0 Å². The molecule has 0 unspecified atom stereocenters. The molecule has 4 aromatic rings. The minimum Gasteiger partial charge on any atom is -0.331 e. The standard InChI is InChI=1S/C24H25N3O3S/c1-4-31(29,30)14-15-11-19(22-21(12-15)27(3)23(25-22)16-9-10-16)20-13-26(2)24(28)18-8-6-5-7-17(18)20/h5-8,11-13,16H,4,9-10,14H2,1-3H3. The SMILES string of the molecule is CCS(=O)(=O)Cc1cc(-c2cn(C)c(=O)c3ccccc23)c2nc(C3CC3)n(C)c2c1. The molecular formula is C24H25N3O3S. The van der Waals surface area contributed by atoms with Crippen LogP contribution in [0.2, 0.25) is 0 Å². The van der Waals surface area contributed by atoms with Crippen LogP contribution in [0.15, 0.2) is 47.4 Å². The number of rotatable bonds is 5. The van der Waals surface area contributed by atoms with E-state index in [1.807, 2.05) is 49.6 Å². The Labute approximate surface area is 181 Å². The van der Waals surface area contributed by atoms with Crippen molar-refractivity contribution in [3.63, 3.8) is 0 Å². The maximum atomic E-state index is 12.7. The lowest BCUT2D eigenvalue weighted by molar-refractivity contribution is 0.596. The van der Waals surface area contributed by atoms with E-state index in [-0.39, 0.29) is 17.1 Å². The van der Waals surface area contributed by atoms with Gasteiger partial charge in [0, 0.05) is 48.5 Å². The number of nitrogens with zero attached hydrogens (tertiary/aromatic N) is 3. The average molecular weight is 436 g/mol. The predicted molar refractivity (Wildman–Crippen MR) is 124 cm³/mol. The van der Waals surface area contributed by atoms with Crippen LogP contribution < -0.4 is 5.56 Å². The minimum atomic E-state index is -3.19. The normalized spacial score (nSPS) is 14.5. The van der Waals surface area contributed by atoms with Gasteiger partial charge in [0.25, 0.3) is 5.56 Å². The molecule has 1 saturated carbocycles. The fourth-order valence-electron chi connectivity index (χ4n) is 4.35. The first-order valence-corrected chi connectivity index (χ1v) is 12.4. The van der Waals surface area contributed by atoms with E-state index in [1.165, 1.54) is 0 Å². The molecule has 0 spiro atoms. The van der Waals surface area contributed by atoms with E-state index in [0.717, 1.165) is 51.8 Å². The summed E-state index contributed by atoms with van der Waals surface area (Å²) in [5, 5.41) is 1.49. The van der Waals surface area contributed by atoms with Crippen LogP contribution in [-0.4, -0.2) is 28.3 Å². The van der Waals surface area contributed by atoms with Gasteiger partial charge in [-0.05, 0) is 42.0 Å². The highest BCUT2D eigenvalue weighted by molar-refractivity contribution is 7.90. The molecule has 31 heavy (non-hydrogen) atoms. The maximum Gasteiger partial charge on any atom is 0.258 e. The number of sulfone groups is 1. The van der Waals surface area contributed by atoms with Crippen LogP contribution in [0.4, 0.5) is 0 Å². The van der Waals surface area contributed by atoms with Crippen molar-refractivity contribution in [2.45, 2.75) is 31.4 Å². The quantitative estimate of drug-likeness (QED) is 0.476. The predicted octanol–water partition coefficient (Wildman–Crippen LogP) is 3.90. The Morgan fingerprint density at radius 1 is 1.06 bits per heavy atom. The summed E-state index contributed by atoms with van der Waals surface area (Å²) in [6.07, 6.45) is 4.10. The molecule has 1 fully saturated rings. The van der Waals surface area contributed by atoms with Gasteiger partial charge < -0.3 is 9.13 Å². The largest absolute Gasteiger partial charge is 0.331 e. The Hall–Kier alpha value is -2.93. The molecule has 2 aromatic heterocycles. The van der Waals surface area contributed by atoms with Crippen LogP contribution in [0.1, 0.15) is 37.1 Å². The zero-order valence-electron chi connectivity index (χ0n) is 17.9. The molecule has 7 heteroatoms. The van der Waals surface area contributed by atoms with E-state index in [1.54, 1.807) is 18.5 Å². The molecule has 0 bridgehead atoms. The molecule has 0 radical (unpaired) electrons. The Balaban J connectivity index is 1.86. The highest BCUT2D eigenvalue weighted by Gasteiger charge is 2.30. The summed E-state index contributed by atoms with van der Waals surface area (Å²) in [4.78, 5) is 17.7. The number of aryl methyl sites for hydroxylation is 2. The topological polar surface area (TPSA) is 74.0 Å². The van der Waals surface area contributed by atoms with Gasteiger partial charge >= 0.3 is 0 Å². The number of pyridine rings is 1. The Kier molecular flexibility index (Phi) is 4.55. The third-order valence-electron chi connectivity index (χ3n) is 6.23. The van der Waals surface area contributed by atoms with Crippen LogP contribution in [0.25, 0.3) is 32.9 Å². The summed E-state index contributed by atoms with van der Waals surface area (Å²) in [6.45, 7) is 1.67. The highest BCUT2D eigenvalue weighted by Crippen LogP contribution is 2.42. The third-order valence-corrected chi connectivity index (χ3v) is 7.88. The van der Waals surface area contributed by atoms with E-state index in [4.69, 9.17) is 4.98 Å². The van der Waals surface area contributed by atoms with E-state index in [9.17, 15) is 13.2 Å². The van der Waals surface area contributed by atoms with Crippen LogP contribution in [0, 0.1) is 0 Å². The molecule has 2 heterocycles. The fourth-order valence-corrected chi connectivity index (χ4v) is 5.22. The molecule has 0 saturated heterocycles. The molecule has 1 aliphatic rings. The molecule has 0 aliphatic heterocycles. The first-order valence-electron chi connectivity index (χ1n) is 10.6. The summed E-state index contributed by atoms with van der Waals surface area (Å²) in [5.41, 5.74) is 4.23. The molecule has 5 rings (SSSR count). The summed E-state index contributed by atoms with van der Waals surface area (Å²) in [6, 6.07) is 11.4. The van der Waals surface area contributed by atoms with Crippen molar-refractivity contribution in [2.24, 2.45) is 14.1 Å². The van der Waals surface area contributed by atoms with Crippen molar-refractivity contribution in [1.29, 1.82) is 0 Å². The number of hydrogen-bond donors (Lipinski definition) is 0. The Morgan fingerprint density at radius 2 is 1.77 bits per heavy atom. The molecule has 0 atom stereocenters. The Bertz CT molecular complexity index is 1510. The van der Waals surface area contributed by atoms with E-state index >= 15 is 0 Å². The maximum absolute atomic E-state index is 12.7. The van der Waals surface area contributed by atoms with Crippen molar-refractivity contribution in [2.75, 3.05) is 5.75 Å². The van der Waals surface area contributed by atoms with Crippen molar-refractivity contribution in [1.82, 2.24) is 14.1 Å². The second-order valence-electron chi connectivity index (χ2n) is 8.50. The van der Waals surface area contributed by atoms with Crippen LogP contribution in [0.3, 0.4) is 0 Å². The van der Waals surface area contributed by atoms with Gasteiger partial charge in [0.2, 0.25) is 0 Å². The van der Waals surface area contributed by atoms with E-state index in [0.29, 0.717) is 11.3 Å². The summed E-state index contributed by atoms with van der Waals surface area (Å²) >= 11 is 0. The Morgan fingerprint density at radius 3 is 2.45 bits per heavy atom. The second-order valence-corrected chi connectivity index (χ2v) is 10.8. The number of fused-ring (bicyclic) bond motifs is 2. The van der Waals surface area contributed by atoms with Gasteiger partial charge in [-0.25, -0.2) is 13.4 Å². The lowest BCUT2D eigenvalue weighted by atomic mass is 9.98. The van der Waals surface area contributed by atoms with Gasteiger partial charge in [0.15, 0.2) is 9.84 Å². The first-order chi connectivity index (χ1) is 14.8. The smallest absolute Gasteiger partial charge is 0.258 e. The lowest BCUT2D eigenvalue weighted by Crippen LogP contribution is -2.16. The summed E-state index contributed by atoms with van der Waals surface area (Å²) in [5.74, 6) is 1.59. The van der Waals surface area contributed by atoms with Crippen LogP contribution in [-0.2, 0) is 29.7 Å². The molecule has 0 amide bonds. The van der Waals surface area contributed by atoms with Crippen LogP contribution in [0.5, 0.6) is 0 Å². The van der Waals surface area contributed by atoms with Gasteiger partial charge in [-0.1, -0.05) is 25.1 Å². The molecule has 160 valence electrons. The van der Waals surface area contributed by atoms with Gasteiger partial charge in [0.1, 0.15) is 5.82 Å². The molecular weight excluding hydrogens is 410 g/mol. The summed E-state index contributed by atoms with van der Waals surface area (Å²) in [7, 11) is 0.556. The van der Waals surface area contributed by atoms with Crippen molar-refractivity contribution < 1.29 is 8.42 Å². The number of aromatic nitrogens is 3. The molecule has 0 N–H and O–H groups in total. The first kappa shape index (κ1) is 20.0. The zero-order chi connectivity index (χ0) is 21.9. The number of hydrogen-bond acceptors (Lipinski definition) is 4. The monoisotopic (exact) mass is 435 g/mol. The summed E-state index contributed by atoms with van der Waals surface area (Å²) < 4.78 is 28.5. The number of benzene rings is 2. The van der Waals surface area contributed by atoms with Gasteiger partial charge in [-0.3, -0.25) is 4.79 Å².